The van der Waals surface area contributed by atoms with Gasteiger partial charge in [0.05, 0.1) is 0 Å². The minimum atomic E-state index is 0.773. The van der Waals surface area contributed by atoms with Gasteiger partial charge in [-0.05, 0) is 40.1 Å². The minimum absolute atomic E-state index is 0.773. The third kappa shape index (κ3) is 2.71. The van der Waals surface area contributed by atoms with Crippen LogP contribution in [0.1, 0.15) is 0 Å². The molecule has 0 radical (unpaired) electrons. The van der Waals surface area contributed by atoms with E-state index in [9.17, 15) is 0 Å². The third-order valence-electron chi connectivity index (χ3n) is 7.67. The summed E-state index contributed by atoms with van der Waals surface area (Å²) in [6.07, 6.45) is 0. The van der Waals surface area contributed by atoms with Crippen LogP contribution in [0.25, 0.3) is 84.5 Å². The Hall–Kier alpha value is -3.89. The van der Waals surface area contributed by atoms with Gasteiger partial charge < -0.3 is 4.42 Å². The third-order valence-corrected chi connectivity index (χ3v) is 10.2. The minimum Gasteiger partial charge on any atom is -0.455 e. The first-order valence-corrected chi connectivity index (χ1v) is 14.6. The molecule has 0 N–H and O–H groups in total. The van der Waals surface area contributed by atoms with E-state index >= 15 is 0 Å². The van der Waals surface area contributed by atoms with Gasteiger partial charge in [0.25, 0.3) is 0 Å². The van der Waals surface area contributed by atoms with E-state index < -0.39 is 0 Å². The quantitative estimate of drug-likeness (QED) is 0.212. The van der Waals surface area contributed by atoms with Gasteiger partial charge >= 0.3 is 0 Å². The van der Waals surface area contributed by atoms with Crippen LogP contribution in [0.15, 0.2) is 108 Å². The van der Waals surface area contributed by atoms with E-state index in [-0.39, 0.29) is 0 Å². The lowest BCUT2D eigenvalue weighted by atomic mass is 9.89. The molecule has 0 atom stereocenters. The number of halogens is 1. The lowest BCUT2D eigenvalue weighted by Crippen LogP contribution is -1.88. The van der Waals surface area contributed by atoms with Gasteiger partial charge in [0, 0.05) is 56.5 Å². The summed E-state index contributed by atoms with van der Waals surface area (Å²) in [7, 11) is 0. The Morgan fingerprint density at radius 1 is 0.553 bits per heavy atom. The molecule has 0 amide bonds. The predicted octanol–water partition coefficient (Wildman–Crippen LogP) is 11.7. The van der Waals surface area contributed by atoms with Crippen molar-refractivity contribution in [2.24, 2.45) is 0 Å². The molecule has 1 nitrogen and oxygen atoms in total. The van der Waals surface area contributed by atoms with Crippen LogP contribution in [0.3, 0.4) is 0 Å². The highest BCUT2D eigenvalue weighted by Gasteiger charge is 2.28. The van der Waals surface area contributed by atoms with Crippen molar-refractivity contribution in [2.75, 3.05) is 0 Å². The molecule has 0 saturated carbocycles. The fourth-order valence-electron chi connectivity index (χ4n) is 6.15. The van der Waals surface area contributed by atoms with Crippen molar-refractivity contribution in [3.05, 3.63) is 108 Å². The fourth-order valence-corrected chi connectivity index (χ4v) is 9.23. The van der Waals surface area contributed by atoms with E-state index in [0.717, 1.165) is 27.3 Å². The second-order valence-corrected chi connectivity index (χ2v) is 12.3. The molecular weight excluding hydrogens is 524 g/mol. The van der Waals surface area contributed by atoms with Crippen molar-refractivity contribution in [3.63, 3.8) is 0 Å². The van der Waals surface area contributed by atoms with E-state index in [1.165, 1.54) is 62.2 Å². The molecule has 0 aliphatic rings. The predicted molar refractivity (Wildman–Crippen MR) is 167 cm³/mol. The van der Waals surface area contributed by atoms with Crippen LogP contribution in [0, 0.1) is 0 Å². The molecule has 0 unspecified atom stereocenters. The standard InChI is InChI=1S/C34H17ClOS2/c35-21-16-24-29-25(17-21)38-34-27(19-11-5-2-6-12-19)26(18-9-3-1-4-10-18)32-30(31(29)34)28-23(36-32)15-20-13-7-8-14-22(20)33(28)37-24/h1-17H. The Morgan fingerprint density at radius 3 is 1.92 bits per heavy atom. The van der Waals surface area contributed by atoms with Crippen molar-refractivity contribution < 1.29 is 4.42 Å². The van der Waals surface area contributed by atoms with Crippen LogP contribution < -0.4 is 0 Å². The summed E-state index contributed by atoms with van der Waals surface area (Å²) in [5.74, 6) is 0. The number of furan rings is 1. The second-order valence-electron chi connectivity index (χ2n) is 9.77. The number of benzene rings is 6. The number of rotatable bonds is 2. The smallest absolute Gasteiger partial charge is 0.144 e. The van der Waals surface area contributed by atoms with Gasteiger partial charge in [-0.3, -0.25) is 0 Å². The molecule has 0 fully saturated rings. The molecular formula is C34H17ClOS2. The highest BCUT2D eigenvalue weighted by molar-refractivity contribution is 7.30. The van der Waals surface area contributed by atoms with Crippen molar-refractivity contribution in [1.29, 1.82) is 0 Å². The average Bonchev–Trinajstić information content (AvgIpc) is 3.46. The van der Waals surface area contributed by atoms with Gasteiger partial charge in [-0.15, -0.1) is 22.7 Å². The molecule has 3 heterocycles. The Balaban J connectivity index is 1.68. The molecule has 9 rings (SSSR count). The number of thiophene rings is 1. The van der Waals surface area contributed by atoms with Gasteiger partial charge in [-0.1, -0.05) is 96.5 Å². The van der Waals surface area contributed by atoms with Crippen molar-refractivity contribution in [2.45, 2.75) is 0 Å². The largest absolute Gasteiger partial charge is 0.455 e. The van der Waals surface area contributed by atoms with Gasteiger partial charge in [-0.2, -0.15) is 0 Å². The molecule has 6 aromatic carbocycles. The SMILES string of the molecule is Clc1cc2sc3c(-c4ccccc4)c(-c4ccccc4)c4oc5cc6ccccc6c6sc(c1)c2c3c4c56. The van der Waals surface area contributed by atoms with Crippen LogP contribution in [0.5, 0.6) is 0 Å². The molecule has 178 valence electrons. The van der Waals surface area contributed by atoms with Gasteiger partial charge in [0.2, 0.25) is 0 Å². The monoisotopic (exact) mass is 540 g/mol. The average molecular weight is 541 g/mol. The molecule has 0 aliphatic heterocycles. The maximum atomic E-state index is 6.93. The molecule has 9 aromatic rings. The zero-order valence-electron chi connectivity index (χ0n) is 19.9. The Kier molecular flexibility index (Phi) is 4.21. The number of hydrogen-bond donors (Lipinski definition) is 0. The Labute approximate surface area is 230 Å². The zero-order chi connectivity index (χ0) is 25.0. The van der Waals surface area contributed by atoms with Crippen molar-refractivity contribution >= 4 is 96.6 Å². The van der Waals surface area contributed by atoms with Crippen molar-refractivity contribution in [3.8, 4) is 22.3 Å². The topological polar surface area (TPSA) is 13.1 Å². The summed E-state index contributed by atoms with van der Waals surface area (Å²) < 4.78 is 11.9. The lowest BCUT2D eigenvalue weighted by molar-refractivity contribution is 0.671. The first kappa shape index (κ1) is 21.1. The molecule has 38 heavy (non-hydrogen) atoms. The lowest BCUT2D eigenvalue weighted by Gasteiger charge is -2.13. The first-order valence-electron chi connectivity index (χ1n) is 12.5. The Bertz CT molecular complexity index is 2340. The van der Waals surface area contributed by atoms with Crippen LogP contribution in [0.4, 0.5) is 0 Å². The van der Waals surface area contributed by atoms with Gasteiger partial charge in [0.15, 0.2) is 0 Å². The first-order chi connectivity index (χ1) is 18.8. The molecule has 0 bridgehead atoms. The molecule has 0 saturated heterocycles. The summed E-state index contributed by atoms with van der Waals surface area (Å²) in [6.45, 7) is 0. The maximum Gasteiger partial charge on any atom is 0.144 e. The van der Waals surface area contributed by atoms with E-state index in [2.05, 4.69) is 103 Å². The van der Waals surface area contributed by atoms with Crippen LogP contribution in [-0.2, 0) is 0 Å². The summed E-state index contributed by atoms with van der Waals surface area (Å²) in [4.78, 5) is 0. The highest BCUT2D eigenvalue weighted by atomic mass is 35.5. The normalized spacial score (nSPS) is 12.3. The fraction of sp³-hybridized carbons (Fsp3) is 0. The Morgan fingerprint density at radius 2 is 1.18 bits per heavy atom. The summed E-state index contributed by atoms with van der Waals surface area (Å²) >= 11 is 10.4. The van der Waals surface area contributed by atoms with E-state index in [1.807, 2.05) is 22.7 Å². The molecule has 3 aromatic heterocycles. The molecule has 0 aliphatic carbocycles. The maximum absolute atomic E-state index is 6.93. The van der Waals surface area contributed by atoms with Gasteiger partial charge in [0.1, 0.15) is 11.2 Å². The van der Waals surface area contributed by atoms with Crippen molar-refractivity contribution in [1.82, 2.24) is 0 Å². The van der Waals surface area contributed by atoms with E-state index in [1.54, 1.807) is 0 Å². The molecule has 0 spiro atoms. The summed E-state index contributed by atoms with van der Waals surface area (Å²) in [6, 6.07) is 36.5. The summed E-state index contributed by atoms with van der Waals surface area (Å²) in [5.41, 5.74) is 6.61. The van der Waals surface area contributed by atoms with Gasteiger partial charge in [-0.25, -0.2) is 0 Å². The highest BCUT2D eigenvalue weighted by Crippen LogP contribution is 2.56. The van der Waals surface area contributed by atoms with E-state index in [0.29, 0.717) is 0 Å². The molecule has 4 heteroatoms. The summed E-state index contributed by atoms with van der Waals surface area (Å²) in [5, 5.41) is 8.19. The van der Waals surface area contributed by atoms with E-state index in [4.69, 9.17) is 16.0 Å². The van der Waals surface area contributed by atoms with Crippen LogP contribution in [-0.4, -0.2) is 0 Å². The number of hydrogen-bond acceptors (Lipinski definition) is 3. The second kappa shape index (κ2) is 7.58. The zero-order valence-corrected chi connectivity index (χ0v) is 22.3. The number of fused-ring (bicyclic) bond motifs is 2. The van der Waals surface area contributed by atoms with Crippen LogP contribution in [0.2, 0.25) is 5.02 Å². The van der Waals surface area contributed by atoms with Crippen LogP contribution >= 0.6 is 34.3 Å².